The summed E-state index contributed by atoms with van der Waals surface area (Å²) in [6.45, 7) is 3.13. The molecule has 1 aliphatic rings. The topological polar surface area (TPSA) is 88.2 Å². The van der Waals surface area contributed by atoms with Gasteiger partial charge >= 0.3 is 5.97 Å². The molecule has 0 radical (unpaired) electrons. The van der Waals surface area contributed by atoms with Gasteiger partial charge in [-0.15, -0.1) is 0 Å². The van der Waals surface area contributed by atoms with Gasteiger partial charge in [0.15, 0.2) is 0 Å². The normalized spacial score (nSPS) is 23.0. The second-order valence-electron chi connectivity index (χ2n) is 5.36. The van der Waals surface area contributed by atoms with Crippen molar-refractivity contribution in [1.82, 2.24) is 4.98 Å². The van der Waals surface area contributed by atoms with Crippen molar-refractivity contribution in [2.75, 3.05) is 17.6 Å². The first-order valence-electron chi connectivity index (χ1n) is 6.80. The van der Waals surface area contributed by atoms with E-state index in [0.29, 0.717) is 17.7 Å². The average Bonchev–Trinajstić information content (AvgIpc) is 2.39. The Morgan fingerprint density at radius 1 is 1.53 bits per heavy atom. The molecule has 0 aliphatic heterocycles. The SMILES string of the molecule is CC1CCCCC1CNc1cc(C(=O)O)c(N)cn1. The van der Waals surface area contributed by atoms with E-state index in [1.165, 1.54) is 37.9 Å². The van der Waals surface area contributed by atoms with Gasteiger partial charge in [-0.25, -0.2) is 9.78 Å². The maximum Gasteiger partial charge on any atom is 0.337 e. The van der Waals surface area contributed by atoms with E-state index in [0.717, 1.165) is 6.54 Å². The Hall–Kier alpha value is -1.78. The van der Waals surface area contributed by atoms with Crippen molar-refractivity contribution in [1.29, 1.82) is 0 Å². The zero-order valence-electron chi connectivity index (χ0n) is 11.2. The molecular formula is C14H21N3O2. The van der Waals surface area contributed by atoms with E-state index in [1.54, 1.807) is 0 Å². The third-order valence-corrected chi connectivity index (χ3v) is 4.00. The summed E-state index contributed by atoms with van der Waals surface area (Å²) >= 11 is 0. The quantitative estimate of drug-likeness (QED) is 0.777. The maximum atomic E-state index is 11.0. The highest BCUT2D eigenvalue weighted by molar-refractivity contribution is 5.94. The third kappa shape index (κ3) is 3.36. The molecule has 4 N–H and O–H groups in total. The highest BCUT2D eigenvalue weighted by Crippen LogP contribution is 2.29. The van der Waals surface area contributed by atoms with Crippen molar-refractivity contribution in [2.24, 2.45) is 11.8 Å². The van der Waals surface area contributed by atoms with Crippen LogP contribution in [0.1, 0.15) is 43.0 Å². The molecule has 5 heteroatoms. The Kier molecular flexibility index (Phi) is 4.24. The van der Waals surface area contributed by atoms with Crippen LogP contribution in [0, 0.1) is 11.8 Å². The summed E-state index contributed by atoms with van der Waals surface area (Å²) in [7, 11) is 0. The molecule has 1 fully saturated rings. The number of rotatable bonds is 4. The molecule has 2 unspecified atom stereocenters. The summed E-state index contributed by atoms with van der Waals surface area (Å²) in [6.07, 6.45) is 6.51. The van der Waals surface area contributed by atoms with Gasteiger partial charge in [-0.2, -0.15) is 0 Å². The Labute approximate surface area is 113 Å². The van der Waals surface area contributed by atoms with E-state index in [4.69, 9.17) is 10.8 Å². The number of aromatic carboxylic acids is 1. The molecule has 1 aromatic rings. The van der Waals surface area contributed by atoms with Gasteiger partial charge in [0.05, 0.1) is 17.4 Å². The number of carboxylic acid groups (broad SMARTS) is 1. The third-order valence-electron chi connectivity index (χ3n) is 4.00. The van der Waals surface area contributed by atoms with Gasteiger partial charge in [-0.05, 0) is 24.3 Å². The number of carboxylic acids is 1. The van der Waals surface area contributed by atoms with Crippen molar-refractivity contribution < 1.29 is 9.90 Å². The Morgan fingerprint density at radius 2 is 2.26 bits per heavy atom. The van der Waals surface area contributed by atoms with Crippen molar-refractivity contribution in [3.05, 3.63) is 17.8 Å². The van der Waals surface area contributed by atoms with Crippen molar-refractivity contribution in [3.8, 4) is 0 Å². The Balaban J connectivity index is 1.99. The minimum atomic E-state index is -1.02. The highest BCUT2D eigenvalue weighted by atomic mass is 16.4. The molecule has 1 aromatic heterocycles. The molecule has 1 heterocycles. The lowest BCUT2D eigenvalue weighted by atomic mass is 9.80. The van der Waals surface area contributed by atoms with Gasteiger partial charge in [0.1, 0.15) is 5.82 Å². The molecule has 0 spiro atoms. The minimum absolute atomic E-state index is 0.106. The Morgan fingerprint density at radius 3 is 2.95 bits per heavy atom. The van der Waals surface area contributed by atoms with Gasteiger partial charge in [0.25, 0.3) is 0 Å². The number of nitrogens with two attached hydrogens (primary N) is 1. The lowest BCUT2D eigenvalue weighted by molar-refractivity contribution is 0.0698. The van der Waals surface area contributed by atoms with Crippen LogP contribution in [0.25, 0.3) is 0 Å². The van der Waals surface area contributed by atoms with Crippen molar-refractivity contribution in [2.45, 2.75) is 32.6 Å². The monoisotopic (exact) mass is 263 g/mol. The number of carbonyl (C=O) groups is 1. The molecule has 0 saturated heterocycles. The van der Waals surface area contributed by atoms with E-state index in [1.807, 2.05) is 0 Å². The summed E-state index contributed by atoms with van der Waals surface area (Å²) in [5.41, 5.74) is 5.88. The van der Waals surface area contributed by atoms with E-state index >= 15 is 0 Å². The van der Waals surface area contributed by atoms with Crippen LogP contribution in [0.15, 0.2) is 12.3 Å². The van der Waals surface area contributed by atoms with Crippen LogP contribution in [0.3, 0.4) is 0 Å². The summed E-state index contributed by atoms with van der Waals surface area (Å²) in [5.74, 6) is 0.925. The van der Waals surface area contributed by atoms with Crippen molar-refractivity contribution >= 4 is 17.5 Å². The predicted octanol–water partition coefficient (Wildman–Crippen LogP) is 2.60. The predicted molar refractivity (Wildman–Crippen MR) is 75.2 cm³/mol. The number of hydrogen-bond donors (Lipinski definition) is 3. The fourth-order valence-corrected chi connectivity index (χ4v) is 2.68. The molecule has 0 amide bonds. The minimum Gasteiger partial charge on any atom is -0.478 e. The van der Waals surface area contributed by atoms with Crippen LogP contribution in [-0.2, 0) is 0 Å². The van der Waals surface area contributed by atoms with Crippen LogP contribution in [0.4, 0.5) is 11.5 Å². The van der Waals surface area contributed by atoms with Gasteiger partial charge in [-0.1, -0.05) is 26.2 Å². The Bertz CT molecular complexity index is 462. The zero-order valence-corrected chi connectivity index (χ0v) is 11.2. The first kappa shape index (κ1) is 13.6. The maximum absolute atomic E-state index is 11.0. The summed E-state index contributed by atoms with van der Waals surface area (Å²) < 4.78 is 0. The van der Waals surface area contributed by atoms with Gasteiger partial charge < -0.3 is 16.2 Å². The highest BCUT2D eigenvalue weighted by Gasteiger charge is 2.21. The van der Waals surface area contributed by atoms with Crippen LogP contribution < -0.4 is 11.1 Å². The van der Waals surface area contributed by atoms with E-state index < -0.39 is 5.97 Å². The lowest BCUT2D eigenvalue weighted by Crippen LogP contribution is -2.24. The molecule has 104 valence electrons. The van der Waals surface area contributed by atoms with Crippen LogP contribution >= 0.6 is 0 Å². The number of nitrogen functional groups attached to an aromatic ring is 1. The number of aromatic nitrogens is 1. The summed E-state index contributed by atoms with van der Waals surface area (Å²) in [4.78, 5) is 15.1. The average molecular weight is 263 g/mol. The van der Waals surface area contributed by atoms with E-state index in [9.17, 15) is 4.79 Å². The van der Waals surface area contributed by atoms with Gasteiger partial charge in [-0.3, -0.25) is 0 Å². The molecule has 2 rings (SSSR count). The lowest BCUT2D eigenvalue weighted by Gasteiger charge is -2.29. The van der Waals surface area contributed by atoms with Crippen LogP contribution in [0.2, 0.25) is 0 Å². The number of hydrogen-bond acceptors (Lipinski definition) is 4. The number of anilines is 2. The molecular weight excluding hydrogens is 242 g/mol. The standard InChI is InChI=1S/C14H21N3O2/c1-9-4-2-3-5-10(9)7-16-13-6-11(14(18)19)12(15)8-17-13/h6,8-10H,2-5,7,15H2,1H3,(H,16,17)(H,18,19). The molecule has 5 nitrogen and oxygen atoms in total. The smallest absolute Gasteiger partial charge is 0.337 e. The summed E-state index contributed by atoms with van der Waals surface area (Å²) in [6, 6.07) is 1.51. The summed E-state index contributed by atoms with van der Waals surface area (Å²) in [5, 5.41) is 12.3. The number of pyridine rings is 1. The first-order valence-corrected chi connectivity index (χ1v) is 6.80. The molecule has 0 aromatic carbocycles. The molecule has 0 bridgehead atoms. The van der Waals surface area contributed by atoms with Gasteiger partial charge in [0, 0.05) is 6.54 Å². The fourth-order valence-electron chi connectivity index (χ4n) is 2.68. The number of nitrogens with one attached hydrogen (secondary N) is 1. The van der Waals surface area contributed by atoms with E-state index in [-0.39, 0.29) is 11.3 Å². The van der Waals surface area contributed by atoms with Gasteiger partial charge in [0.2, 0.25) is 0 Å². The van der Waals surface area contributed by atoms with Crippen LogP contribution in [0.5, 0.6) is 0 Å². The molecule has 1 aliphatic carbocycles. The van der Waals surface area contributed by atoms with Crippen molar-refractivity contribution in [3.63, 3.8) is 0 Å². The molecule has 19 heavy (non-hydrogen) atoms. The second-order valence-corrected chi connectivity index (χ2v) is 5.36. The van der Waals surface area contributed by atoms with E-state index in [2.05, 4.69) is 17.2 Å². The molecule has 2 atom stereocenters. The largest absolute Gasteiger partial charge is 0.478 e. The second kappa shape index (κ2) is 5.91. The molecule has 1 saturated carbocycles. The first-order chi connectivity index (χ1) is 9.08. The van der Waals surface area contributed by atoms with Crippen LogP contribution in [-0.4, -0.2) is 22.6 Å². The fraction of sp³-hybridized carbons (Fsp3) is 0.571. The zero-order chi connectivity index (χ0) is 13.8. The number of nitrogens with zero attached hydrogens (tertiary/aromatic N) is 1.